The van der Waals surface area contributed by atoms with Crippen LogP contribution < -0.4 is 5.32 Å². The Bertz CT molecular complexity index is 1340. The lowest BCUT2D eigenvalue weighted by Gasteiger charge is -2.16. The number of hydrogen-bond acceptors (Lipinski definition) is 4. The molecule has 0 amide bonds. The fourth-order valence-electron chi connectivity index (χ4n) is 4.11. The first-order valence-corrected chi connectivity index (χ1v) is 10.8. The Balaban J connectivity index is 1.67. The van der Waals surface area contributed by atoms with Crippen LogP contribution in [0, 0.1) is 13.8 Å². The first-order valence-electron chi connectivity index (χ1n) is 10.8. The maximum Gasteiger partial charge on any atom is 0.165 e. The molecule has 0 saturated carbocycles. The van der Waals surface area contributed by atoms with Crippen molar-refractivity contribution in [2.24, 2.45) is 0 Å². The fourth-order valence-corrected chi connectivity index (χ4v) is 4.11. The maximum absolute atomic E-state index is 5.03. The highest BCUT2D eigenvalue weighted by molar-refractivity contribution is 5.81. The third-order valence-corrected chi connectivity index (χ3v) is 5.69. The van der Waals surface area contributed by atoms with Gasteiger partial charge in [0, 0.05) is 29.4 Å². The van der Waals surface area contributed by atoms with Gasteiger partial charge in [0.2, 0.25) is 0 Å². The van der Waals surface area contributed by atoms with E-state index in [9.17, 15) is 0 Å². The van der Waals surface area contributed by atoms with Gasteiger partial charge in [-0.1, -0.05) is 66.7 Å². The monoisotopic (exact) mass is 419 g/mol. The van der Waals surface area contributed by atoms with E-state index >= 15 is 0 Å². The van der Waals surface area contributed by atoms with Crippen LogP contribution in [-0.4, -0.2) is 19.6 Å². The molecule has 0 fully saturated rings. The number of aryl methyl sites for hydroxylation is 2. The van der Waals surface area contributed by atoms with Crippen molar-refractivity contribution in [3.05, 3.63) is 113 Å². The summed E-state index contributed by atoms with van der Waals surface area (Å²) >= 11 is 0. The molecule has 5 heteroatoms. The van der Waals surface area contributed by atoms with E-state index in [2.05, 4.69) is 65.8 Å². The zero-order valence-corrected chi connectivity index (χ0v) is 18.3. The molecular formula is C27H25N5. The van der Waals surface area contributed by atoms with Gasteiger partial charge in [0.25, 0.3) is 0 Å². The van der Waals surface area contributed by atoms with Crippen LogP contribution in [0.4, 0.5) is 5.82 Å². The van der Waals surface area contributed by atoms with Crippen molar-refractivity contribution < 1.29 is 0 Å². The standard InChI is InChI=1S/C27H25N5/c1-19-24(17-21-11-5-3-6-12-21)26(29-18-23-15-9-10-16-28-23)32-27(30-19)25(20(2)31-32)22-13-7-4-8-14-22/h3-16,29H,17-18H2,1-2H3. The Hall–Kier alpha value is -3.99. The van der Waals surface area contributed by atoms with E-state index in [1.165, 1.54) is 5.56 Å². The summed E-state index contributed by atoms with van der Waals surface area (Å²) in [5.74, 6) is 0.965. The zero-order valence-electron chi connectivity index (χ0n) is 18.3. The van der Waals surface area contributed by atoms with Crippen LogP contribution in [0.15, 0.2) is 85.1 Å². The molecule has 0 aliphatic heterocycles. The van der Waals surface area contributed by atoms with Gasteiger partial charge in [0.15, 0.2) is 5.65 Å². The summed E-state index contributed by atoms with van der Waals surface area (Å²) < 4.78 is 1.96. The minimum atomic E-state index is 0.612. The quantitative estimate of drug-likeness (QED) is 0.389. The number of nitrogens with zero attached hydrogens (tertiary/aromatic N) is 4. The number of hydrogen-bond donors (Lipinski definition) is 1. The van der Waals surface area contributed by atoms with E-state index < -0.39 is 0 Å². The van der Waals surface area contributed by atoms with Gasteiger partial charge in [0.1, 0.15) is 5.82 Å². The van der Waals surface area contributed by atoms with Crippen LogP contribution in [-0.2, 0) is 13.0 Å². The van der Waals surface area contributed by atoms with Gasteiger partial charge in [0.05, 0.1) is 17.9 Å². The molecule has 0 bridgehead atoms. The molecular weight excluding hydrogens is 394 g/mol. The van der Waals surface area contributed by atoms with Gasteiger partial charge in [-0.05, 0) is 37.1 Å². The van der Waals surface area contributed by atoms with Gasteiger partial charge in [-0.3, -0.25) is 4.98 Å². The molecule has 2 aromatic carbocycles. The molecule has 158 valence electrons. The fraction of sp³-hybridized carbons (Fsp3) is 0.148. The summed E-state index contributed by atoms with van der Waals surface area (Å²) in [4.78, 5) is 9.50. The van der Waals surface area contributed by atoms with E-state index in [1.807, 2.05) is 48.0 Å². The highest BCUT2D eigenvalue weighted by Gasteiger charge is 2.20. The van der Waals surface area contributed by atoms with Crippen LogP contribution in [0.25, 0.3) is 16.8 Å². The summed E-state index contributed by atoms with van der Waals surface area (Å²) in [5, 5.41) is 8.54. The molecule has 0 aliphatic carbocycles. The molecule has 0 radical (unpaired) electrons. The average Bonchev–Trinajstić information content (AvgIpc) is 3.16. The minimum absolute atomic E-state index is 0.612. The molecule has 0 saturated heterocycles. The first kappa shape index (κ1) is 19.9. The predicted octanol–water partition coefficient (Wildman–Crippen LogP) is 5.61. The Morgan fingerprint density at radius 3 is 2.25 bits per heavy atom. The molecule has 5 rings (SSSR count). The van der Waals surface area contributed by atoms with Crippen LogP contribution in [0.5, 0.6) is 0 Å². The Labute approximate surface area is 187 Å². The third-order valence-electron chi connectivity index (χ3n) is 5.69. The molecule has 3 heterocycles. The second-order valence-electron chi connectivity index (χ2n) is 7.92. The maximum atomic E-state index is 5.03. The van der Waals surface area contributed by atoms with E-state index in [0.717, 1.165) is 51.7 Å². The highest BCUT2D eigenvalue weighted by Crippen LogP contribution is 2.32. The van der Waals surface area contributed by atoms with Gasteiger partial charge in [-0.25, -0.2) is 4.98 Å². The van der Waals surface area contributed by atoms with E-state index in [1.54, 1.807) is 0 Å². The van der Waals surface area contributed by atoms with Crippen LogP contribution in [0.1, 0.15) is 28.2 Å². The summed E-state index contributed by atoms with van der Waals surface area (Å²) in [7, 11) is 0. The Kier molecular flexibility index (Phi) is 5.38. The van der Waals surface area contributed by atoms with Crippen molar-refractivity contribution in [3.8, 4) is 11.1 Å². The molecule has 0 spiro atoms. The predicted molar refractivity (Wildman–Crippen MR) is 129 cm³/mol. The van der Waals surface area contributed by atoms with E-state index in [-0.39, 0.29) is 0 Å². The lowest BCUT2D eigenvalue weighted by atomic mass is 10.0. The molecule has 5 aromatic rings. The normalized spacial score (nSPS) is 11.1. The zero-order chi connectivity index (χ0) is 21.9. The molecule has 0 aliphatic rings. The smallest absolute Gasteiger partial charge is 0.165 e. The molecule has 1 N–H and O–H groups in total. The largest absolute Gasteiger partial charge is 0.364 e. The SMILES string of the molecule is Cc1nc2c(-c3ccccc3)c(C)nn2c(NCc2ccccn2)c1Cc1ccccc1. The molecule has 0 atom stereocenters. The van der Waals surface area contributed by atoms with Crippen LogP contribution >= 0.6 is 0 Å². The second-order valence-corrected chi connectivity index (χ2v) is 7.92. The lowest BCUT2D eigenvalue weighted by Crippen LogP contribution is -2.12. The molecule has 0 unspecified atom stereocenters. The van der Waals surface area contributed by atoms with Crippen molar-refractivity contribution in [1.82, 2.24) is 19.6 Å². The molecule has 32 heavy (non-hydrogen) atoms. The average molecular weight is 420 g/mol. The number of fused-ring (bicyclic) bond motifs is 1. The van der Waals surface area contributed by atoms with Crippen LogP contribution in [0.2, 0.25) is 0 Å². The summed E-state index contributed by atoms with van der Waals surface area (Å²) in [6.07, 6.45) is 2.60. The number of pyridine rings is 1. The second kappa shape index (κ2) is 8.63. The molecule has 5 nitrogen and oxygen atoms in total. The summed E-state index contributed by atoms with van der Waals surface area (Å²) in [6, 6.07) is 26.8. The van der Waals surface area contributed by atoms with Gasteiger partial charge in [-0.2, -0.15) is 9.61 Å². The van der Waals surface area contributed by atoms with Gasteiger partial charge < -0.3 is 5.32 Å². The Morgan fingerprint density at radius 1 is 0.812 bits per heavy atom. The highest BCUT2D eigenvalue weighted by atomic mass is 15.3. The molecule has 3 aromatic heterocycles. The number of anilines is 1. The van der Waals surface area contributed by atoms with Crippen molar-refractivity contribution in [1.29, 1.82) is 0 Å². The number of nitrogens with one attached hydrogen (secondary N) is 1. The first-order chi connectivity index (χ1) is 15.7. The topological polar surface area (TPSA) is 55.1 Å². The van der Waals surface area contributed by atoms with Crippen LogP contribution in [0.3, 0.4) is 0 Å². The summed E-state index contributed by atoms with van der Waals surface area (Å²) in [6.45, 7) is 4.74. The Morgan fingerprint density at radius 2 is 1.53 bits per heavy atom. The number of aromatic nitrogens is 4. The van der Waals surface area contributed by atoms with Crippen molar-refractivity contribution in [3.63, 3.8) is 0 Å². The van der Waals surface area contributed by atoms with E-state index in [4.69, 9.17) is 10.1 Å². The van der Waals surface area contributed by atoms with Crippen molar-refractivity contribution in [2.45, 2.75) is 26.8 Å². The number of benzene rings is 2. The van der Waals surface area contributed by atoms with Crippen molar-refractivity contribution >= 4 is 11.5 Å². The van der Waals surface area contributed by atoms with E-state index in [0.29, 0.717) is 6.54 Å². The number of rotatable bonds is 6. The van der Waals surface area contributed by atoms with Gasteiger partial charge in [-0.15, -0.1) is 0 Å². The summed E-state index contributed by atoms with van der Waals surface area (Å²) in [5.41, 5.74) is 8.38. The van der Waals surface area contributed by atoms with Crippen molar-refractivity contribution in [2.75, 3.05) is 5.32 Å². The lowest BCUT2D eigenvalue weighted by molar-refractivity contribution is 0.873. The minimum Gasteiger partial charge on any atom is -0.364 e. The third kappa shape index (κ3) is 3.85. The van der Waals surface area contributed by atoms with Gasteiger partial charge >= 0.3 is 0 Å².